The Balaban J connectivity index is 1.54. The first-order valence-electron chi connectivity index (χ1n) is 8.53. The SMILES string of the molecule is O=C(c1ccncn1)N1CCOC[C@@H]1c1nccc(NCC2CC2)n1. The molecule has 8 nitrogen and oxygen atoms in total. The number of nitrogens with one attached hydrogen (secondary N) is 1. The van der Waals surface area contributed by atoms with E-state index >= 15 is 0 Å². The molecule has 25 heavy (non-hydrogen) atoms. The minimum atomic E-state index is -0.320. The summed E-state index contributed by atoms with van der Waals surface area (Å²) in [6.07, 6.45) is 7.22. The second-order valence-corrected chi connectivity index (χ2v) is 6.31. The van der Waals surface area contributed by atoms with E-state index in [-0.39, 0.29) is 11.9 Å². The molecule has 0 aromatic carbocycles. The van der Waals surface area contributed by atoms with Crippen molar-refractivity contribution in [3.8, 4) is 0 Å². The van der Waals surface area contributed by atoms with Gasteiger partial charge in [-0.15, -0.1) is 0 Å². The highest BCUT2D eigenvalue weighted by Crippen LogP contribution is 2.29. The first-order chi connectivity index (χ1) is 12.3. The van der Waals surface area contributed by atoms with Crippen LogP contribution < -0.4 is 5.32 Å². The van der Waals surface area contributed by atoms with E-state index in [1.807, 2.05) is 6.07 Å². The molecule has 8 heteroatoms. The summed E-state index contributed by atoms with van der Waals surface area (Å²) < 4.78 is 5.57. The summed E-state index contributed by atoms with van der Waals surface area (Å²) in [6, 6.07) is 3.15. The first-order valence-corrected chi connectivity index (χ1v) is 8.53. The highest BCUT2D eigenvalue weighted by molar-refractivity contribution is 5.92. The van der Waals surface area contributed by atoms with E-state index < -0.39 is 0 Å². The van der Waals surface area contributed by atoms with Crippen molar-refractivity contribution in [2.75, 3.05) is 31.6 Å². The zero-order valence-corrected chi connectivity index (χ0v) is 13.8. The Kier molecular flexibility index (Phi) is 4.51. The molecule has 1 saturated carbocycles. The van der Waals surface area contributed by atoms with Crippen molar-refractivity contribution in [2.24, 2.45) is 5.92 Å². The van der Waals surface area contributed by atoms with Gasteiger partial charge in [-0.2, -0.15) is 0 Å². The summed E-state index contributed by atoms with van der Waals surface area (Å²) in [5.41, 5.74) is 0.366. The van der Waals surface area contributed by atoms with Gasteiger partial charge >= 0.3 is 0 Å². The van der Waals surface area contributed by atoms with Gasteiger partial charge in [0.15, 0.2) is 5.82 Å². The maximum Gasteiger partial charge on any atom is 0.273 e. The van der Waals surface area contributed by atoms with Crippen LogP contribution in [0.15, 0.2) is 30.9 Å². The molecule has 0 unspecified atom stereocenters. The Morgan fingerprint density at radius 3 is 3.00 bits per heavy atom. The van der Waals surface area contributed by atoms with Crippen LogP contribution in [0.25, 0.3) is 0 Å². The molecule has 1 N–H and O–H groups in total. The molecule has 3 heterocycles. The van der Waals surface area contributed by atoms with Crippen molar-refractivity contribution in [1.29, 1.82) is 0 Å². The van der Waals surface area contributed by atoms with Crippen LogP contribution in [0.5, 0.6) is 0 Å². The van der Waals surface area contributed by atoms with Crippen molar-refractivity contribution in [2.45, 2.75) is 18.9 Å². The maximum absolute atomic E-state index is 12.8. The van der Waals surface area contributed by atoms with E-state index in [9.17, 15) is 4.79 Å². The Morgan fingerprint density at radius 2 is 2.20 bits per heavy atom. The zero-order chi connectivity index (χ0) is 17.1. The number of rotatable bonds is 5. The van der Waals surface area contributed by atoms with Gasteiger partial charge in [0.05, 0.1) is 13.2 Å². The largest absolute Gasteiger partial charge is 0.377 e. The third kappa shape index (κ3) is 3.74. The molecule has 1 atom stereocenters. The number of carbonyl (C=O) groups is 1. The van der Waals surface area contributed by atoms with Crippen molar-refractivity contribution in [3.63, 3.8) is 0 Å². The van der Waals surface area contributed by atoms with E-state index in [0.29, 0.717) is 31.3 Å². The van der Waals surface area contributed by atoms with Gasteiger partial charge < -0.3 is 15.0 Å². The molecule has 2 fully saturated rings. The highest BCUT2D eigenvalue weighted by atomic mass is 16.5. The van der Waals surface area contributed by atoms with Crippen molar-refractivity contribution >= 4 is 11.7 Å². The summed E-state index contributed by atoms with van der Waals surface area (Å²) >= 11 is 0. The number of anilines is 1. The van der Waals surface area contributed by atoms with Gasteiger partial charge in [0.1, 0.15) is 23.9 Å². The lowest BCUT2D eigenvalue weighted by atomic mass is 10.2. The molecule has 4 rings (SSSR count). The summed E-state index contributed by atoms with van der Waals surface area (Å²) in [6.45, 7) is 2.29. The molecule has 1 aliphatic heterocycles. The number of ether oxygens (including phenoxy) is 1. The number of hydrogen-bond donors (Lipinski definition) is 1. The van der Waals surface area contributed by atoms with Crippen molar-refractivity contribution in [3.05, 3.63) is 42.4 Å². The van der Waals surface area contributed by atoms with Gasteiger partial charge in [-0.05, 0) is 30.9 Å². The number of carbonyl (C=O) groups excluding carboxylic acids is 1. The summed E-state index contributed by atoms with van der Waals surface area (Å²) in [7, 11) is 0. The average Bonchev–Trinajstić information content (AvgIpc) is 3.51. The topological polar surface area (TPSA) is 93.1 Å². The van der Waals surface area contributed by atoms with Crippen LogP contribution in [0.3, 0.4) is 0 Å². The van der Waals surface area contributed by atoms with Gasteiger partial charge in [-0.1, -0.05) is 0 Å². The monoisotopic (exact) mass is 340 g/mol. The molecule has 2 aromatic heterocycles. The van der Waals surface area contributed by atoms with Gasteiger partial charge in [0.25, 0.3) is 5.91 Å². The average molecular weight is 340 g/mol. The Morgan fingerprint density at radius 1 is 1.28 bits per heavy atom. The van der Waals surface area contributed by atoms with Gasteiger partial charge in [0.2, 0.25) is 0 Å². The lowest BCUT2D eigenvalue weighted by Crippen LogP contribution is -2.44. The van der Waals surface area contributed by atoms with Crippen LogP contribution in [0.1, 0.15) is 35.2 Å². The zero-order valence-electron chi connectivity index (χ0n) is 13.8. The molecule has 2 aromatic rings. The minimum absolute atomic E-state index is 0.157. The second kappa shape index (κ2) is 7.10. The molecule has 0 bridgehead atoms. The quantitative estimate of drug-likeness (QED) is 0.877. The molecule has 0 radical (unpaired) electrons. The highest BCUT2D eigenvalue weighted by Gasteiger charge is 2.32. The van der Waals surface area contributed by atoms with Crippen LogP contribution in [0, 0.1) is 5.92 Å². The summed E-state index contributed by atoms with van der Waals surface area (Å²) in [4.78, 5) is 31.4. The number of nitrogens with zero attached hydrogens (tertiary/aromatic N) is 5. The number of morpholine rings is 1. The molecular weight excluding hydrogens is 320 g/mol. The van der Waals surface area contributed by atoms with Crippen molar-refractivity contribution < 1.29 is 9.53 Å². The van der Waals surface area contributed by atoms with E-state index in [1.54, 1.807) is 23.4 Å². The second-order valence-electron chi connectivity index (χ2n) is 6.31. The summed E-state index contributed by atoms with van der Waals surface area (Å²) in [5.74, 6) is 1.97. The molecule has 130 valence electrons. The lowest BCUT2D eigenvalue weighted by molar-refractivity contribution is -0.00550. The Hall–Kier alpha value is -2.61. The van der Waals surface area contributed by atoms with Crippen LogP contribution in [0.2, 0.25) is 0 Å². The Labute approximate surface area is 145 Å². The maximum atomic E-state index is 12.8. The van der Waals surface area contributed by atoms with Gasteiger partial charge in [-0.25, -0.2) is 19.9 Å². The van der Waals surface area contributed by atoms with E-state index in [4.69, 9.17) is 4.74 Å². The van der Waals surface area contributed by atoms with Crippen LogP contribution in [-0.4, -0.2) is 57.0 Å². The fourth-order valence-electron chi connectivity index (χ4n) is 2.83. The van der Waals surface area contributed by atoms with Gasteiger partial charge in [-0.3, -0.25) is 4.79 Å². The van der Waals surface area contributed by atoms with Crippen LogP contribution in [0.4, 0.5) is 5.82 Å². The predicted molar refractivity (Wildman–Crippen MR) is 89.9 cm³/mol. The van der Waals surface area contributed by atoms with E-state index in [0.717, 1.165) is 18.3 Å². The standard InChI is InChI=1S/C17H20N6O2/c24-17(13-3-5-18-11-21-13)23-7-8-25-10-14(23)16-19-6-4-15(22-16)20-9-12-1-2-12/h3-6,11-12,14H,1-2,7-10H2,(H,19,20,22)/t14-/m1/s1. The van der Waals surface area contributed by atoms with E-state index in [2.05, 4.69) is 25.3 Å². The van der Waals surface area contributed by atoms with Crippen LogP contribution >= 0.6 is 0 Å². The normalized spacial score (nSPS) is 20.3. The molecule has 2 aliphatic rings. The predicted octanol–water partition coefficient (Wildman–Crippen LogP) is 1.30. The summed E-state index contributed by atoms with van der Waals surface area (Å²) in [5, 5.41) is 3.35. The number of hydrogen-bond acceptors (Lipinski definition) is 7. The molecule has 0 spiro atoms. The number of amides is 1. The van der Waals surface area contributed by atoms with Crippen molar-refractivity contribution in [1.82, 2.24) is 24.8 Å². The minimum Gasteiger partial charge on any atom is -0.377 e. The third-order valence-electron chi connectivity index (χ3n) is 4.43. The van der Waals surface area contributed by atoms with Crippen LogP contribution in [-0.2, 0) is 4.74 Å². The smallest absolute Gasteiger partial charge is 0.273 e. The molecule has 1 aliphatic carbocycles. The molecule has 1 amide bonds. The fourth-order valence-corrected chi connectivity index (χ4v) is 2.83. The lowest BCUT2D eigenvalue weighted by Gasteiger charge is -2.34. The van der Waals surface area contributed by atoms with E-state index in [1.165, 1.54) is 19.2 Å². The first kappa shape index (κ1) is 15.9. The fraction of sp³-hybridized carbons (Fsp3) is 0.471. The third-order valence-corrected chi connectivity index (χ3v) is 4.43. The van der Waals surface area contributed by atoms with Gasteiger partial charge in [0, 0.05) is 25.5 Å². The number of aromatic nitrogens is 4. The Bertz CT molecular complexity index is 737. The molecular formula is C17H20N6O2. The molecule has 1 saturated heterocycles.